The molecule has 0 radical (unpaired) electrons. The third-order valence-electron chi connectivity index (χ3n) is 3.12. The smallest absolute Gasteiger partial charge is 0.257 e. The number of nitrogens with one attached hydrogen (secondary N) is 1. The molecule has 6 heteroatoms. The van der Waals surface area contributed by atoms with Gasteiger partial charge in [-0.15, -0.1) is 11.3 Å². The first-order valence-electron chi connectivity index (χ1n) is 6.86. The summed E-state index contributed by atoms with van der Waals surface area (Å²) in [6.45, 7) is 0. The van der Waals surface area contributed by atoms with Crippen LogP contribution in [0.4, 0.5) is 13.9 Å². The largest absolute Gasteiger partial charge is 0.298 e. The molecular formula is C17H12F2N2OS. The molecule has 1 aromatic heterocycles. The monoisotopic (exact) mass is 330 g/mol. The highest BCUT2D eigenvalue weighted by Gasteiger charge is 2.12. The lowest BCUT2D eigenvalue weighted by molar-refractivity contribution is 0.102. The van der Waals surface area contributed by atoms with Crippen LogP contribution >= 0.6 is 11.3 Å². The molecule has 0 bridgehead atoms. The lowest BCUT2D eigenvalue weighted by Gasteiger charge is -2.02. The Hall–Kier alpha value is -2.60. The summed E-state index contributed by atoms with van der Waals surface area (Å²) in [4.78, 5) is 17.1. The molecule has 3 rings (SSSR count). The van der Waals surface area contributed by atoms with Crippen molar-refractivity contribution in [1.82, 2.24) is 4.98 Å². The standard InChI is InChI=1S/C17H12F2N2OS/c18-13-7-12(8-14(19)9-13)16(22)21-17-20-10-15(23-17)6-11-4-2-1-3-5-11/h1-5,7-10H,6H2,(H,20,21,22). The minimum atomic E-state index is -0.793. The third-order valence-corrected chi connectivity index (χ3v) is 4.03. The third kappa shape index (κ3) is 3.98. The van der Waals surface area contributed by atoms with Crippen molar-refractivity contribution in [2.45, 2.75) is 6.42 Å². The second-order valence-corrected chi connectivity index (χ2v) is 6.02. The van der Waals surface area contributed by atoms with Gasteiger partial charge in [0.1, 0.15) is 11.6 Å². The topological polar surface area (TPSA) is 42.0 Å². The predicted octanol–water partition coefficient (Wildman–Crippen LogP) is 4.26. The van der Waals surface area contributed by atoms with Gasteiger partial charge in [-0.3, -0.25) is 10.1 Å². The first-order valence-corrected chi connectivity index (χ1v) is 7.68. The molecule has 0 saturated carbocycles. The first-order chi connectivity index (χ1) is 11.1. The number of thiazole rings is 1. The van der Waals surface area contributed by atoms with E-state index >= 15 is 0 Å². The highest BCUT2D eigenvalue weighted by molar-refractivity contribution is 7.15. The highest BCUT2D eigenvalue weighted by Crippen LogP contribution is 2.22. The van der Waals surface area contributed by atoms with E-state index in [-0.39, 0.29) is 5.56 Å². The minimum absolute atomic E-state index is 0.0812. The molecular weight excluding hydrogens is 318 g/mol. The number of carbonyl (C=O) groups excluding carboxylic acids is 1. The van der Waals surface area contributed by atoms with Crippen LogP contribution in [0, 0.1) is 11.6 Å². The van der Waals surface area contributed by atoms with Gasteiger partial charge in [-0.05, 0) is 17.7 Å². The Bertz CT molecular complexity index is 813. The maximum atomic E-state index is 13.1. The number of carbonyl (C=O) groups is 1. The number of aromatic nitrogens is 1. The van der Waals surface area contributed by atoms with Gasteiger partial charge in [0.15, 0.2) is 5.13 Å². The van der Waals surface area contributed by atoms with Gasteiger partial charge in [0.05, 0.1) is 0 Å². The SMILES string of the molecule is O=C(Nc1ncc(Cc2ccccc2)s1)c1cc(F)cc(F)c1. The van der Waals surface area contributed by atoms with E-state index in [1.807, 2.05) is 30.3 Å². The molecule has 2 aromatic carbocycles. The predicted molar refractivity (Wildman–Crippen MR) is 85.7 cm³/mol. The fourth-order valence-corrected chi connectivity index (χ4v) is 2.94. The second-order valence-electron chi connectivity index (χ2n) is 4.91. The fraction of sp³-hybridized carbons (Fsp3) is 0.0588. The van der Waals surface area contributed by atoms with E-state index in [0.717, 1.165) is 28.6 Å². The molecule has 0 spiro atoms. The van der Waals surface area contributed by atoms with Crippen molar-refractivity contribution in [1.29, 1.82) is 0 Å². The Morgan fingerprint density at radius 3 is 2.48 bits per heavy atom. The first kappa shape index (κ1) is 15.3. The van der Waals surface area contributed by atoms with E-state index in [2.05, 4.69) is 10.3 Å². The summed E-state index contributed by atoms with van der Waals surface area (Å²) in [7, 11) is 0. The number of nitrogens with zero attached hydrogens (tertiary/aromatic N) is 1. The number of rotatable bonds is 4. The van der Waals surface area contributed by atoms with Gasteiger partial charge in [0, 0.05) is 29.1 Å². The zero-order valence-corrected chi connectivity index (χ0v) is 12.7. The highest BCUT2D eigenvalue weighted by atomic mass is 32.1. The number of hydrogen-bond donors (Lipinski definition) is 1. The molecule has 3 nitrogen and oxygen atoms in total. The molecule has 23 heavy (non-hydrogen) atoms. The second kappa shape index (κ2) is 6.66. The maximum absolute atomic E-state index is 13.1. The lowest BCUT2D eigenvalue weighted by Crippen LogP contribution is -2.12. The van der Waals surface area contributed by atoms with Crippen molar-refractivity contribution < 1.29 is 13.6 Å². The van der Waals surface area contributed by atoms with Crippen molar-refractivity contribution in [3.8, 4) is 0 Å². The molecule has 0 aliphatic carbocycles. The van der Waals surface area contributed by atoms with Crippen LogP contribution in [0.15, 0.2) is 54.7 Å². The van der Waals surface area contributed by atoms with Gasteiger partial charge in [-0.2, -0.15) is 0 Å². The van der Waals surface area contributed by atoms with E-state index in [0.29, 0.717) is 11.6 Å². The van der Waals surface area contributed by atoms with Crippen molar-refractivity contribution in [2.24, 2.45) is 0 Å². The number of amides is 1. The fourth-order valence-electron chi connectivity index (χ4n) is 2.10. The van der Waals surface area contributed by atoms with Gasteiger partial charge in [-0.25, -0.2) is 13.8 Å². The summed E-state index contributed by atoms with van der Waals surface area (Å²) in [5.74, 6) is -2.18. The number of anilines is 1. The van der Waals surface area contributed by atoms with E-state index in [4.69, 9.17) is 0 Å². The van der Waals surface area contributed by atoms with Gasteiger partial charge in [0.25, 0.3) is 5.91 Å². The van der Waals surface area contributed by atoms with Crippen LogP contribution in [0.2, 0.25) is 0 Å². The average molecular weight is 330 g/mol. The molecule has 1 heterocycles. The molecule has 0 fully saturated rings. The van der Waals surface area contributed by atoms with E-state index in [1.54, 1.807) is 6.20 Å². The number of halogens is 2. The van der Waals surface area contributed by atoms with Crippen LogP contribution in [-0.4, -0.2) is 10.9 Å². The van der Waals surface area contributed by atoms with Crippen LogP contribution in [0.5, 0.6) is 0 Å². The molecule has 0 unspecified atom stereocenters. The zero-order chi connectivity index (χ0) is 16.2. The molecule has 0 atom stereocenters. The van der Waals surface area contributed by atoms with Gasteiger partial charge in [-0.1, -0.05) is 30.3 Å². The number of benzene rings is 2. The summed E-state index contributed by atoms with van der Waals surface area (Å²) in [5, 5.41) is 2.95. The summed E-state index contributed by atoms with van der Waals surface area (Å²) in [5.41, 5.74) is 1.06. The van der Waals surface area contributed by atoms with Gasteiger partial charge >= 0.3 is 0 Å². The molecule has 3 aromatic rings. The average Bonchev–Trinajstić information content (AvgIpc) is 2.94. The Morgan fingerprint density at radius 1 is 1.09 bits per heavy atom. The minimum Gasteiger partial charge on any atom is -0.298 e. The van der Waals surface area contributed by atoms with Crippen LogP contribution in [0.1, 0.15) is 20.8 Å². The van der Waals surface area contributed by atoms with E-state index in [1.165, 1.54) is 11.3 Å². The summed E-state index contributed by atoms with van der Waals surface area (Å²) in [6, 6.07) is 12.6. The molecule has 0 aliphatic rings. The molecule has 1 N–H and O–H groups in total. The van der Waals surface area contributed by atoms with Gasteiger partial charge in [0.2, 0.25) is 0 Å². The Kier molecular flexibility index (Phi) is 4.43. The van der Waals surface area contributed by atoms with Crippen molar-refractivity contribution >= 4 is 22.4 Å². The Labute approximate surface area is 135 Å². The summed E-state index contributed by atoms with van der Waals surface area (Å²) < 4.78 is 26.3. The maximum Gasteiger partial charge on any atom is 0.257 e. The van der Waals surface area contributed by atoms with Crippen molar-refractivity contribution in [2.75, 3.05) is 5.32 Å². The summed E-state index contributed by atoms with van der Waals surface area (Å²) >= 11 is 1.33. The molecule has 116 valence electrons. The molecule has 0 saturated heterocycles. The number of hydrogen-bond acceptors (Lipinski definition) is 3. The normalized spacial score (nSPS) is 10.5. The van der Waals surface area contributed by atoms with Crippen LogP contribution in [0.25, 0.3) is 0 Å². The van der Waals surface area contributed by atoms with Crippen LogP contribution in [-0.2, 0) is 6.42 Å². The lowest BCUT2D eigenvalue weighted by atomic mass is 10.1. The van der Waals surface area contributed by atoms with Crippen LogP contribution < -0.4 is 5.32 Å². The zero-order valence-electron chi connectivity index (χ0n) is 11.9. The van der Waals surface area contributed by atoms with E-state index < -0.39 is 17.5 Å². The van der Waals surface area contributed by atoms with Gasteiger partial charge < -0.3 is 0 Å². The Balaban J connectivity index is 1.70. The van der Waals surface area contributed by atoms with Crippen molar-refractivity contribution in [3.63, 3.8) is 0 Å². The van der Waals surface area contributed by atoms with Crippen LogP contribution in [0.3, 0.4) is 0 Å². The van der Waals surface area contributed by atoms with E-state index in [9.17, 15) is 13.6 Å². The quantitative estimate of drug-likeness (QED) is 0.776. The van der Waals surface area contributed by atoms with Crippen molar-refractivity contribution in [3.05, 3.63) is 82.4 Å². The molecule has 0 aliphatic heterocycles. The Morgan fingerprint density at radius 2 is 1.78 bits per heavy atom. The summed E-state index contributed by atoms with van der Waals surface area (Å²) in [6.07, 6.45) is 2.39. The molecule has 1 amide bonds.